The Morgan fingerprint density at radius 2 is 1.64 bits per heavy atom. The standard InChI is InChI=1S/C31H32BrF3N2O5/c1-37(2)15-14-30(38,20-8-6-9-22(18-20)42-31(33,34)35)27(23-10-7-11-26(39-3)28(23)40-4)24-17-19-16-21(32)12-13-25(19)36-29(24)41-5/h6-13,16-18,27,38H,14-15H2,1-5H3. The maximum absolute atomic E-state index is 13.2. The van der Waals surface area contributed by atoms with Crippen LogP contribution in [-0.2, 0) is 5.60 Å². The molecule has 11 heteroatoms. The zero-order valence-electron chi connectivity index (χ0n) is 23.8. The molecule has 0 saturated heterocycles. The molecule has 0 fully saturated rings. The highest BCUT2D eigenvalue weighted by atomic mass is 79.9. The fraction of sp³-hybridized carbons (Fsp3) is 0.323. The molecule has 0 aliphatic rings. The van der Waals surface area contributed by atoms with Gasteiger partial charge in [0.25, 0.3) is 0 Å². The number of rotatable bonds is 11. The molecule has 0 saturated carbocycles. The highest BCUT2D eigenvalue weighted by molar-refractivity contribution is 9.10. The van der Waals surface area contributed by atoms with Gasteiger partial charge >= 0.3 is 6.36 Å². The average molecular weight is 650 g/mol. The Morgan fingerprint density at radius 3 is 2.29 bits per heavy atom. The number of benzene rings is 3. The van der Waals surface area contributed by atoms with Crippen LogP contribution in [0.25, 0.3) is 10.9 Å². The van der Waals surface area contributed by atoms with Crippen LogP contribution in [0.5, 0.6) is 23.1 Å². The lowest BCUT2D eigenvalue weighted by molar-refractivity contribution is -0.274. The molecule has 0 spiro atoms. The minimum atomic E-state index is -4.91. The zero-order valence-corrected chi connectivity index (χ0v) is 25.4. The van der Waals surface area contributed by atoms with E-state index in [1.165, 1.54) is 39.5 Å². The number of halogens is 4. The number of alkyl halides is 3. The van der Waals surface area contributed by atoms with Crippen LogP contribution in [0.4, 0.5) is 13.2 Å². The average Bonchev–Trinajstić information content (AvgIpc) is 2.94. The van der Waals surface area contributed by atoms with Gasteiger partial charge in [0, 0.05) is 27.5 Å². The van der Waals surface area contributed by atoms with E-state index in [9.17, 15) is 18.3 Å². The van der Waals surface area contributed by atoms with Crippen molar-refractivity contribution in [2.24, 2.45) is 0 Å². The van der Waals surface area contributed by atoms with Gasteiger partial charge in [0.1, 0.15) is 11.4 Å². The molecule has 2 unspecified atom stereocenters. The third kappa shape index (κ3) is 6.74. The summed E-state index contributed by atoms with van der Waals surface area (Å²) in [5.74, 6) is -0.390. The molecule has 224 valence electrons. The van der Waals surface area contributed by atoms with Crippen molar-refractivity contribution in [1.82, 2.24) is 9.88 Å². The maximum atomic E-state index is 13.2. The van der Waals surface area contributed by atoms with Crippen LogP contribution in [0.1, 0.15) is 29.0 Å². The van der Waals surface area contributed by atoms with Crippen molar-refractivity contribution in [3.05, 3.63) is 87.9 Å². The molecule has 4 aromatic rings. The summed E-state index contributed by atoms with van der Waals surface area (Å²) in [6.07, 6.45) is -4.80. The van der Waals surface area contributed by atoms with Gasteiger partial charge in [-0.05, 0) is 68.5 Å². The third-order valence-corrected chi connectivity index (χ3v) is 7.50. The van der Waals surface area contributed by atoms with Gasteiger partial charge in [-0.2, -0.15) is 0 Å². The number of para-hydroxylation sites is 1. The SMILES string of the molecule is COc1cccc(C(c2cc3cc(Br)ccc3nc2OC)C(O)(CCN(C)C)c2cccc(OC(F)(F)F)c2)c1OC. The number of nitrogens with zero attached hydrogens (tertiary/aromatic N) is 2. The van der Waals surface area contributed by atoms with Crippen LogP contribution >= 0.6 is 15.9 Å². The van der Waals surface area contributed by atoms with Crippen LogP contribution in [0.3, 0.4) is 0 Å². The summed E-state index contributed by atoms with van der Waals surface area (Å²) in [5, 5.41) is 13.7. The van der Waals surface area contributed by atoms with Gasteiger partial charge < -0.3 is 29.0 Å². The predicted octanol–water partition coefficient (Wildman–Crippen LogP) is 6.89. The van der Waals surface area contributed by atoms with Gasteiger partial charge in [-0.25, -0.2) is 4.98 Å². The Balaban J connectivity index is 2.10. The topological polar surface area (TPSA) is 73.3 Å². The van der Waals surface area contributed by atoms with Crippen LogP contribution in [0, 0.1) is 0 Å². The lowest BCUT2D eigenvalue weighted by atomic mass is 9.71. The van der Waals surface area contributed by atoms with Crippen LogP contribution < -0.4 is 18.9 Å². The van der Waals surface area contributed by atoms with Crippen LogP contribution in [0.15, 0.2) is 71.2 Å². The molecule has 0 bridgehead atoms. The first-order valence-corrected chi connectivity index (χ1v) is 13.8. The number of aromatic nitrogens is 1. The van der Waals surface area contributed by atoms with E-state index in [0.717, 1.165) is 9.86 Å². The van der Waals surface area contributed by atoms with Gasteiger partial charge in [0.05, 0.1) is 32.8 Å². The van der Waals surface area contributed by atoms with Crippen molar-refractivity contribution in [2.45, 2.75) is 24.3 Å². The highest BCUT2D eigenvalue weighted by Gasteiger charge is 2.44. The fourth-order valence-electron chi connectivity index (χ4n) is 5.15. The molecule has 42 heavy (non-hydrogen) atoms. The summed E-state index contributed by atoms with van der Waals surface area (Å²) in [7, 11) is 8.17. The highest BCUT2D eigenvalue weighted by Crippen LogP contribution is 2.51. The molecule has 2 atom stereocenters. The number of hydrogen-bond acceptors (Lipinski definition) is 7. The van der Waals surface area contributed by atoms with E-state index in [-0.39, 0.29) is 17.9 Å². The largest absolute Gasteiger partial charge is 0.573 e. The summed E-state index contributed by atoms with van der Waals surface area (Å²) in [6.45, 7) is 0.387. The lowest BCUT2D eigenvalue weighted by Gasteiger charge is -2.39. The summed E-state index contributed by atoms with van der Waals surface area (Å²) in [4.78, 5) is 6.62. The van der Waals surface area contributed by atoms with E-state index in [4.69, 9.17) is 19.2 Å². The maximum Gasteiger partial charge on any atom is 0.573 e. The smallest absolute Gasteiger partial charge is 0.493 e. The van der Waals surface area contributed by atoms with Crippen molar-refractivity contribution in [3.8, 4) is 23.1 Å². The Labute approximate surface area is 250 Å². The van der Waals surface area contributed by atoms with Crippen molar-refractivity contribution in [3.63, 3.8) is 0 Å². The molecule has 1 aromatic heterocycles. The predicted molar refractivity (Wildman–Crippen MR) is 158 cm³/mol. The fourth-order valence-corrected chi connectivity index (χ4v) is 5.53. The molecule has 1 N–H and O–H groups in total. The number of methoxy groups -OCH3 is 3. The van der Waals surface area contributed by atoms with Crippen molar-refractivity contribution < 1.29 is 37.2 Å². The first kappa shape index (κ1) is 31.4. The Bertz CT molecular complexity index is 1550. The second-order valence-electron chi connectivity index (χ2n) is 9.99. The second-order valence-corrected chi connectivity index (χ2v) is 10.9. The monoisotopic (exact) mass is 648 g/mol. The molecule has 3 aromatic carbocycles. The summed E-state index contributed by atoms with van der Waals surface area (Å²) in [5.41, 5.74) is 0.0708. The molecule has 0 amide bonds. The van der Waals surface area contributed by atoms with Gasteiger partial charge in [-0.15, -0.1) is 13.2 Å². The van der Waals surface area contributed by atoms with E-state index in [1.807, 2.05) is 43.3 Å². The Hall–Kier alpha value is -3.54. The van der Waals surface area contributed by atoms with Crippen molar-refractivity contribution in [2.75, 3.05) is 42.0 Å². The number of pyridine rings is 1. The molecule has 4 rings (SSSR count). The summed E-state index contributed by atoms with van der Waals surface area (Å²) in [6, 6.07) is 18.1. The zero-order chi connectivity index (χ0) is 30.7. The van der Waals surface area contributed by atoms with E-state index in [0.29, 0.717) is 34.7 Å². The van der Waals surface area contributed by atoms with Crippen molar-refractivity contribution >= 4 is 26.8 Å². The lowest BCUT2D eigenvalue weighted by Crippen LogP contribution is -2.38. The van der Waals surface area contributed by atoms with Gasteiger partial charge in [-0.1, -0.05) is 40.2 Å². The van der Waals surface area contributed by atoms with Gasteiger partial charge in [0.15, 0.2) is 11.5 Å². The molecular formula is C31H32BrF3N2O5. The number of fused-ring (bicyclic) bond motifs is 1. The number of ether oxygens (including phenoxy) is 4. The quantitative estimate of drug-likeness (QED) is 0.190. The molecule has 0 aliphatic heterocycles. The summed E-state index contributed by atoms with van der Waals surface area (Å²) >= 11 is 3.51. The second kappa shape index (κ2) is 12.8. The Kier molecular flexibility index (Phi) is 9.54. The third-order valence-electron chi connectivity index (χ3n) is 7.00. The van der Waals surface area contributed by atoms with E-state index >= 15 is 0 Å². The first-order chi connectivity index (χ1) is 19.9. The first-order valence-electron chi connectivity index (χ1n) is 13.0. The minimum Gasteiger partial charge on any atom is -0.493 e. The van der Waals surface area contributed by atoms with Crippen LogP contribution in [-0.4, -0.2) is 63.3 Å². The van der Waals surface area contributed by atoms with Gasteiger partial charge in [0.2, 0.25) is 5.88 Å². The van der Waals surface area contributed by atoms with Gasteiger partial charge in [-0.3, -0.25) is 0 Å². The number of aliphatic hydroxyl groups is 1. The van der Waals surface area contributed by atoms with Crippen molar-refractivity contribution in [1.29, 1.82) is 0 Å². The molecule has 7 nitrogen and oxygen atoms in total. The van der Waals surface area contributed by atoms with E-state index in [1.54, 1.807) is 24.3 Å². The molecule has 0 radical (unpaired) electrons. The van der Waals surface area contributed by atoms with Crippen LogP contribution in [0.2, 0.25) is 0 Å². The van der Waals surface area contributed by atoms with E-state index in [2.05, 4.69) is 20.7 Å². The molecule has 1 heterocycles. The normalized spacial score (nSPS) is 14.0. The number of hydrogen-bond donors (Lipinski definition) is 1. The minimum absolute atomic E-state index is 0.111. The van der Waals surface area contributed by atoms with E-state index < -0.39 is 23.6 Å². The molecular weight excluding hydrogens is 617 g/mol. The Morgan fingerprint density at radius 1 is 0.905 bits per heavy atom. The molecule has 0 aliphatic carbocycles. The summed E-state index contributed by atoms with van der Waals surface area (Å²) < 4.78 is 61.9.